The molecule has 1 aromatic heterocycles. The van der Waals surface area contributed by atoms with E-state index in [4.69, 9.17) is 10.4 Å². The fourth-order valence-corrected chi connectivity index (χ4v) is 1.74. The van der Waals surface area contributed by atoms with Gasteiger partial charge in [0.2, 0.25) is 0 Å². The summed E-state index contributed by atoms with van der Waals surface area (Å²) < 4.78 is 0. The number of carbonyl (C=O) groups is 1. The summed E-state index contributed by atoms with van der Waals surface area (Å²) >= 11 is 0. The zero-order valence-corrected chi connectivity index (χ0v) is 10.4. The minimum absolute atomic E-state index is 0.358. The number of nitrogens with one attached hydrogen (secondary N) is 1. The van der Waals surface area contributed by atoms with Crippen LogP contribution in [0, 0.1) is 17.2 Å². The van der Waals surface area contributed by atoms with Gasteiger partial charge in [-0.1, -0.05) is 6.92 Å². The maximum absolute atomic E-state index is 10.7. The lowest BCUT2D eigenvalue weighted by Gasteiger charge is -2.10. The molecule has 1 heterocycles. The Bertz CT molecular complexity index is 661. The van der Waals surface area contributed by atoms with Crippen molar-refractivity contribution in [3.8, 4) is 6.07 Å². The van der Waals surface area contributed by atoms with E-state index in [9.17, 15) is 4.79 Å². The average Bonchev–Trinajstić information content (AvgIpc) is 2.43. The van der Waals surface area contributed by atoms with Crippen molar-refractivity contribution < 1.29 is 9.90 Å². The molecule has 0 radical (unpaired) electrons. The van der Waals surface area contributed by atoms with Crippen LogP contribution >= 0.6 is 0 Å². The number of aliphatic carboxylic acids is 1. The Morgan fingerprint density at radius 2 is 2.32 bits per heavy atom. The third kappa shape index (κ3) is 2.80. The first kappa shape index (κ1) is 12.8. The van der Waals surface area contributed by atoms with E-state index in [-0.39, 0.29) is 0 Å². The van der Waals surface area contributed by atoms with Gasteiger partial charge in [-0.05, 0) is 29.7 Å². The van der Waals surface area contributed by atoms with E-state index < -0.39 is 11.9 Å². The number of carboxylic acids is 1. The van der Waals surface area contributed by atoms with E-state index >= 15 is 0 Å². The Labute approximate surface area is 110 Å². The summed E-state index contributed by atoms with van der Waals surface area (Å²) in [4.78, 5) is 14.7. The van der Waals surface area contributed by atoms with Crippen molar-refractivity contribution in [1.29, 1.82) is 5.26 Å². The molecule has 0 saturated heterocycles. The number of aromatic nitrogens is 1. The molecular formula is C14H13N3O2. The molecule has 0 aliphatic carbocycles. The average molecular weight is 255 g/mol. The van der Waals surface area contributed by atoms with E-state index in [2.05, 4.69) is 10.3 Å². The van der Waals surface area contributed by atoms with Gasteiger partial charge in [-0.2, -0.15) is 5.26 Å². The lowest BCUT2D eigenvalue weighted by molar-refractivity contribution is -0.140. The monoisotopic (exact) mass is 255 g/mol. The van der Waals surface area contributed by atoms with Crippen molar-refractivity contribution in [2.75, 3.05) is 11.9 Å². The molecule has 0 spiro atoms. The Hall–Kier alpha value is -2.61. The number of nitriles is 1. The predicted molar refractivity (Wildman–Crippen MR) is 71.7 cm³/mol. The highest BCUT2D eigenvalue weighted by Crippen LogP contribution is 2.21. The molecule has 0 aliphatic rings. The molecule has 0 aliphatic heterocycles. The fraction of sp³-hybridized carbons (Fsp3) is 0.214. The zero-order valence-electron chi connectivity index (χ0n) is 10.4. The smallest absolute Gasteiger partial charge is 0.308 e. The van der Waals surface area contributed by atoms with Gasteiger partial charge in [0.25, 0.3) is 0 Å². The molecule has 1 aromatic carbocycles. The molecule has 0 saturated carbocycles. The maximum Gasteiger partial charge on any atom is 0.308 e. The molecule has 0 fully saturated rings. The summed E-state index contributed by atoms with van der Waals surface area (Å²) in [5.74, 6) is -1.29. The van der Waals surface area contributed by atoms with Crippen molar-refractivity contribution in [1.82, 2.24) is 4.98 Å². The first-order valence-corrected chi connectivity index (χ1v) is 5.87. The molecule has 0 bridgehead atoms. The first-order chi connectivity index (χ1) is 9.11. The van der Waals surface area contributed by atoms with Gasteiger partial charge in [0, 0.05) is 23.8 Å². The minimum atomic E-state index is -0.829. The van der Waals surface area contributed by atoms with Crippen LogP contribution in [-0.4, -0.2) is 22.6 Å². The SMILES string of the molecule is C[C@H](CNc1ccc2c(C#N)nccc2c1)C(=O)O. The second-order valence-electron chi connectivity index (χ2n) is 4.33. The van der Waals surface area contributed by atoms with Crippen molar-refractivity contribution in [2.45, 2.75) is 6.92 Å². The van der Waals surface area contributed by atoms with E-state index in [0.29, 0.717) is 12.2 Å². The number of anilines is 1. The van der Waals surface area contributed by atoms with Crippen LogP contribution in [0.4, 0.5) is 5.69 Å². The van der Waals surface area contributed by atoms with Gasteiger partial charge in [-0.3, -0.25) is 4.79 Å². The quantitative estimate of drug-likeness (QED) is 0.875. The van der Waals surface area contributed by atoms with Crippen LogP contribution in [0.2, 0.25) is 0 Å². The summed E-state index contributed by atoms with van der Waals surface area (Å²) in [5.41, 5.74) is 1.22. The number of benzene rings is 1. The topological polar surface area (TPSA) is 86.0 Å². The van der Waals surface area contributed by atoms with E-state index in [1.807, 2.05) is 30.3 Å². The van der Waals surface area contributed by atoms with Gasteiger partial charge in [-0.15, -0.1) is 0 Å². The van der Waals surface area contributed by atoms with Gasteiger partial charge < -0.3 is 10.4 Å². The maximum atomic E-state index is 10.7. The standard InChI is InChI=1S/C14H13N3O2/c1-9(14(18)19)8-17-11-2-3-12-10(6-11)4-5-16-13(12)7-15/h2-6,9,17H,8H2,1H3,(H,18,19)/t9-/m1/s1. The van der Waals surface area contributed by atoms with Gasteiger partial charge in [0.15, 0.2) is 0 Å². The number of hydrogen-bond acceptors (Lipinski definition) is 4. The fourth-order valence-electron chi connectivity index (χ4n) is 1.74. The van der Waals surface area contributed by atoms with Gasteiger partial charge in [0.1, 0.15) is 11.8 Å². The molecular weight excluding hydrogens is 242 g/mol. The van der Waals surface area contributed by atoms with Crippen LogP contribution in [-0.2, 0) is 4.79 Å². The van der Waals surface area contributed by atoms with Crippen LogP contribution < -0.4 is 5.32 Å². The van der Waals surface area contributed by atoms with Gasteiger partial charge in [0.05, 0.1) is 5.92 Å². The third-order valence-electron chi connectivity index (χ3n) is 2.90. The lowest BCUT2D eigenvalue weighted by Crippen LogP contribution is -2.19. The van der Waals surface area contributed by atoms with Crippen molar-refractivity contribution >= 4 is 22.4 Å². The summed E-state index contributed by atoms with van der Waals surface area (Å²) in [6.45, 7) is 2.01. The van der Waals surface area contributed by atoms with Crippen LogP contribution in [0.5, 0.6) is 0 Å². The van der Waals surface area contributed by atoms with E-state index in [1.54, 1.807) is 13.1 Å². The number of carboxylic acid groups (broad SMARTS) is 1. The molecule has 2 rings (SSSR count). The Morgan fingerprint density at radius 3 is 3.00 bits per heavy atom. The summed E-state index contributed by atoms with van der Waals surface area (Å²) in [5, 5.41) is 22.5. The molecule has 2 aromatic rings. The minimum Gasteiger partial charge on any atom is -0.481 e. The molecule has 2 N–H and O–H groups in total. The number of pyridine rings is 1. The predicted octanol–water partition coefficient (Wildman–Crippen LogP) is 2.24. The highest BCUT2D eigenvalue weighted by molar-refractivity contribution is 5.89. The number of fused-ring (bicyclic) bond motifs is 1. The van der Waals surface area contributed by atoms with Gasteiger partial charge >= 0.3 is 5.97 Å². The number of nitrogens with zero attached hydrogens (tertiary/aromatic N) is 2. The zero-order chi connectivity index (χ0) is 13.8. The van der Waals surface area contributed by atoms with Crippen molar-refractivity contribution in [2.24, 2.45) is 5.92 Å². The summed E-state index contributed by atoms with van der Waals surface area (Å²) in [6.07, 6.45) is 1.59. The molecule has 96 valence electrons. The lowest BCUT2D eigenvalue weighted by atomic mass is 10.1. The van der Waals surface area contributed by atoms with Gasteiger partial charge in [-0.25, -0.2) is 4.98 Å². The molecule has 19 heavy (non-hydrogen) atoms. The normalized spacial score (nSPS) is 11.8. The molecule has 0 unspecified atom stereocenters. The number of hydrogen-bond donors (Lipinski definition) is 2. The summed E-state index contributed by atoms with van der Waals surface area (Å²) in [6, 6.07) is 9.38. The second kappa shape index (κ2) is 5.36. The van der Waals surface area contributed by atoms with E-state index in [1.165, 1.54) is 0 Å². The van der Waals surface area contributed by atoms with Crippen molar-refractivity contribution in [3.05, 3.63) is 36.2 Å². The molecule has 0 amide bonds. The van der Waals surface area contributed by atoms with Crippen LogP contribution in [0.1, 0.15) is 12.6 Å². The highest BCUT2D eigenvalue weighted by Gasteiger charge is 2.10. The van der Waals surface area contributed by atoms with Crippen LogP contribution in [0.3, 0.4) is 0 Å². The third-order valence-corrected chi connectivity index (χ3v) is 2.90. The Kier molecular flexibility index (Phi) is 3.62. The van der Waals surface area contributed by atoms with E-state index in [0.717, 1.165) is 16.5 Å². The number of rotatable bonds is 4. The largest absolute Gasteiger partial charge is 0.481 e. The summed E-state index contributed by atoms with van der Waals surface area (Å²) in [7, 11) is 0. The Morgan fingerprint density at radius 1 is 1.53 bits per heavy atom. The molecule has 5 heteroatoms. The molecule has 1 atom stereocenters. The first-order valence-electron chi connectivity index (χ1n) is 5.87. The van der Waals surface area contributed by atoms with Crippen molar-refractivity contribution in [3.63, 3.8) is 0 Å². The van der Waals surface area contributed by atoms with Crippen LogP contribution in [0.15, 0.2) is 30.5 Å². The Balaban J connectivity index is 2.23. The molecule has 5 nitrogen and oxygen atoms in total. The van der Waals surface area contributed by atoms with Crippen LogP contribution in [0.25, 0.3) is 10.8 Å². The second-order valence-corrected chi connectivity index (χ2v) is 4.33. The highest BCUT2D eigenvalue weighted by atomic mass is 16.4.